The molecule has 0 spiro atoms. The summed E-state index contributed by atoms with van der Waals surface area (Å²) >= 11 is 5.48. The fraction of sp³-hybridized carbons (Fsp3) is 0.455. The number of anilines is 1. The van der Waals surface area contributed by atoms with E-state index >= 15 is 0 Å². The van der Waals surface area contributed by atoms with Crippen LogP contribution in [0.15, 0.2) is 24.5 Å². The van der Waals surface area contributed by atoms with E-state index in [0.717, 1.165) is 25.9 Å². The van der Waals surface area contributed by atoms with Crippen molar-refractivity contribution in [1.82, 2.24) is 4.98 Å². The van der Waals surface area contributed by atoms with Gasteiger partial charge in [0.25, 0.3) is 0 Å². The first-order valence-corrected chi connectivity index (χ1v) is 5.49. The lowest BCUT2D eigenvalue weighted by Gasteiger charge is -2.31. The van der Waals surface area contributed by atoms with Crippen molar-refractivity contribution in [3.05, 3.63) is 24.5 Å². The van der Waals surface area contributed by atoms with Crippen molar-refractivity contribution < 1.29 is 4.79 Å². The Morgan fingerprint density at radius 1 is 1.33 bits per heavy atom. The largest absolute Gasteiger partial charge is 0.371 e. The van der Waals surface area contributed by atoms with Crippen molar-refractivity contribution in [1.29, 1.82) is 0 Å². The Morgan fingerprint density at radius 3 is 2.47 bits per heavy atom. The van der Waals surface area contributed by atoms with Gasteiger partial charge in [0.1, 0.15) is 0 Å². The van der Waals surface area contributed by atoms with Gasteiger partial charge in [-0.1, -0.05) is 0 Å². The number of aromatic nitrogens is 1. The summed E-state index contributed by atoms with van der Waals surface area (Å²) in [6.45, 7) is 1.79. The minimum Gasteiger partial charge on any atom is -0.371 e. The van der Waals surface area contributed by atoms with Gasteiger partial charge in [0.05, 0.1) is 0 Å². The van der Waals surface area contributed by atoms with Gasteiger partial charge in [-0.25, -0.2) is 0 Å². The van der Waals surface area contributed by atoms with E-state index in [1.807, 2.05) is 12.1 Å². The summed E-state index contributed by atoms with van der Waals surface area (Å²) in [5.41, 5.74) is 1.17. The van der Waals surface area contributed by atoms with Crippen LogP contribution in [0.1, 0.15) is 12.8 Å². The molecule has 2 rings (SSSR count). The number of carbonyl (C=O) groups is 1. The van der Waals surface area contributed by atoms with E-state index in [9.17, 15) is 4.79 Å². The smallest absolute Gasteiger partial charge is 0.224 e. The standard InChI is InChI=1S/C11H13ClN2O/c12-11(15)9-3-7-14(8-4-9)10-1-5-13-6-2-10/h1-2,5-6,9H,3-4,7-8H2. The lowest BCUT2D eigenvalue weighted by atomic mass is 9.98. The maximum absolute atomic E-state index is 11.0. The third kappa shape index (κ3) is 2.48. The number of pyridine rings is 1. The second-order valence-corrected chi connectivity index (χ2v) is 4.14. The van der Waals surface area contributed by atoms with E-state index in [1.54, 1.807) is 12.4 Å². The summed E-state index contributed by atoms with van der Waals surface area (Å²) < 4.78 is 0. The van der Waals surface area contributed by atoms with Gasteiger partial charge in [-0.05, 0) is 36.6 Å². The fourth-order valence-corrected chi connectivity index (χ4v) is 2.14. The fourth-order valence-electron chi connectivity index (χ4n) is 1.92. The van der Waals surface area contributed by atoms with Gasteiger partial charge in [-0.15, -0.1) is 0 Å². The van der Waals surface area contributed by atoms with Gasteiger partial charge in [-0.3, -0.25) is 9.78 Å². The average molecular weight is 225 g/mol. The molecule has 3 nitrogen and oxygen atoms in total. The van der Waals surface area contributed by atoms with Gasteiger partial charge in [-0.2, -0.15) is 0 Å². The van der Waals surface area contributed by atoms with Gasteiger partial charge in [0, 0.05) is 37.1 Å². The van der Waals surface area contributed by atoms with E-state index in [4.69, 9.17) is 11.6 Å². The second-order valence-electron chi connectivity index (χ2n) is 3.77. The third-order valence-electron chi connectivity index (χ3n) is 2.84. The molecule has 0 amide bonds. The number of nitrogens with zero attached hydrogens (tertiary/aromatic N) is 2. The molecule has 0 bridgehead atoms. The summed E-state index contributed by atoms with van der Waals surface area (Å²) in [5.74, 6) is 0.0461. The SMILES string of the molecule is O=C(Cl)C1CCN(c2ccncc2)CC1. The van der Waals surface area contributed by atoms with Crippen molar-refractivity contribution in [3.8, 4) is 0 Å². The van der Waals surface area contributed by atoms with E-state index < -0.39 is 0 Å². The molecule has 1 fully saturated rings. The zero-order valence-electron chi connectivity index (χ0n) is 8.40. The number of hydrogen-bond donors (Lipinski definition) is 0. The van der Waals surface area contributed by atoms with E-state index in [2.05, 4.69) is 9.88 Å². The summed E-state index contributed by atoms with van der Waals surface area (Å²) in [7, 11) is 0. The Morgan fingerprint density at radius 2 is 1.93 bits per heavy atom. The molecule has 2 heterocycles. The van der Waals surface area contributed by atoms with Crippen molar-refractivity contribution >= 4 is 22.5 Å². The minimum absolute atomic E-state index is 0.0461. The van der Waals surface area contributed by atoms with Crippen LogP contribution in [-0.2, 0) is 4.79 Å². The number of halogens is 1. The zero-order valence-corrected chi connectivity index (χ0v) is 9.15. The van der Waals surface area contributed by atoms with Crippen LogP contribution in [0.25, 0.3) is 0 Å². The van der Waals surface area contributed by atoms with Crippen LogP contribution in [0.3, 0.4) is 0 Å². The molecule has 0 aliphatic carbocycles. The highest BCUT2D eigenvalue weighted by Crippen LogP contribution is 2.23. The molecule has 0 unspecified atom stereocenters. The first-order valence-electron chi connectivity index (χ1n) is 5.11. The molecule has 1 aliphatic rings. The highest BCUT2D eigenvalue weighted by atomic mass is 35.5. The predicted molar refractivity (Wildman–Crippen MR) is 60.0 cm³/mol. The first kappa shape index (κ1) is 10.4. The lowest BCUT2D eigenvalue weighted by Crippen LogP contribution is -2.35. The van der Waals surface area contributed by atoms with Crippen molar-refractivity contribution in [2.75, 3.05) is 18.0 Å². The molecule has 1 saturated heterocycles. The Bertz CT molecular complexity index is 334. The normalized spacial score (nSPS) is 17.8. The summed E-state index contributed by atoms with van der Waals surface area (Å²) in [4.78, 5) is 17.2. The molecule has 1 aliphatic heterocycles. The van der Waals surface area contributed by atoms with Gasteiger partial charge >= 0.3 is 0 Å². The summed E-state index contributed by atoms with van der Waals surface area (Å²) in [6, 6.07) is 3.98. The Kier molecular flexibility index (Phi) is 3.21. The van der Waals surface area contributed by atoms with Crippen LogP contribution in [0.5, 0.6) is 0 Å². The van der Waals surface area contributed by atoms with Gasteiger partial charge in [0.15, 0.2) is 0 Å². The molecule has 1 aromatic heterocycles. The minimum atomic E-state index is -0.190. The summed E-state index contributed by atoms with van der Waals surface area (Å²) in [5, 5.41) is -0.190. The Labute approximate surface area is 94.1 Å². The van der Waals surface area contributed by atoms with Crippen LogP contribution in [0.2, 0.25) is 0 Å². The number of hydrogen-bond acceptors (Lipinski definition) is 3. The monoisotopic (exact) mass is 224 g/mol. The Balaban J connectivity index is 1.97. The Hall–Kier alpha value is -1.09. The first-order chi connectivity index (χ1) is 7.27. The predicted octanol–water partition coefficient (Wildman–Crippen LogP) is 2.06. The molecule has 0 N–H and O–H groups in total. The highest BCUT2D eigenvalue weighted by Gasteiger charge is 2.23. The quantitative estimate of drug-likeness (QED) is 0.721. The van der Waals surface area contributed by atoms with Crippen molar-refractivity contribution in [3.63, 3.8) is 0 Å². The van der Waals surface area contributed by atoms with E-state index in [0.29, 0.717) is 0 Å². The zero-order chi connectivity index (χ0) is 10.7. The third-order valence-corrected chi connectivity index (χ3v) is 3.15. The molecule has 0 radical (unpaired) electrons. The van der Waals surface area contributed by atoms with E-state index in [-0.39, 0.29) is 11.2 Å². The molecule has 4 heteroatoms. The van der Waals surface area contributed by atoms with Crippen LogP contribution in [0, 0.1) is 5.92 Å². The molecule has 15 heavy (non-hydrogen) atoms. The summed E-state index contributed by atoms with van der Waals surface area (Å²) in [6.07, 6.45) is 5.28. The molecule has 0 atom stereocenters. The lowest BCUT2D eigenvalue weighted by molar-refractivity contribution is -0.115. The maximum atomic E-state index is 11.0. The van der Waals surface area contributed by atoms with Crippen LogP contribution in [0.4, 0.5) is 5.69 Å². The number of rotatable bonds is 2. The van der Waals surface area contributed by atoms with Crippen LogP contribution in [-0.4, -0.2) is 23.3 Å². The molecular weight excluding hydrogens is 212 g/mol. The molecule has 80 valence electrons. The van der Waals surface area contributed by atoms with Gasteiger partial charge < -0.3 is 4.90 Å². The molecular formula is C11H13ClN2O. The van der Waals surface area contributed by atoms with Crippen LogP contribution < -0.4 is 4.90 Å². The van der Waals surface area contributed by atoms with E-state index in [1.165, 1.54) is 5.69 Å². The number of piperidine rings is 1. The second kappa shape index (κ2) is 4.62. The molecule has 0 saturated carbocycles. The van der Waals surface area contributed by atoms with Gasteiger partial charge in [0.2, 0.25) is 5.24 Å². The van der Waals surface area contributed by atoms with Crippen molar-refractivity contribution in [2.45, 2.75) is 12.8 Å². The molecule has 0 aromatic carbocycles. The maximum Gasteiger partial charge on any atom is 0.224 e. The van der Waals surface area contributed by atoms with Crippen molar-refractivity contribution in [2.24, 2.45) is 5.92 Å². The van der Waals surface area contributed by atoms with Crippen LogP contribution >= 0.6 is 11.6 Å². The topological polar surface area (TPSA) is 33.2 Å². The highest BCUT2D eigenvalue weighted by molar-refractivity contribution is 6.64. The molecule has 1 aromatic rings. The number of carbonyl (C=O) groups excluding carboxylic acids is 1. The average Bonchev–Trinajstić information content (AvgIpc) is 2.30.